The van der Waals surface area contributed by atoms with Crippen LogP contribution in [0.25, 0.3) is 0 Å². The molecule has 1 heterocycles. The predicted molar refractivity (Wildman–Crippen MR) is 131 cm³/mol. The molecule has 1 aliphatic rings. The van der Waals surface area contributed by atoms with Gasteiger partial charge in [0.2, 0.25) is 0 Å². The van der Waals surface area contributed by atoms with Crippen molar-refractivity contribution in [3.63, 3.8) is 0 Å². The van der Waals surface area contributed by atoms with Gasteiger partial charge in [0, 0.05) is 18.5 Å². The van der Waals surface area contributed by atoms with Gasteiger partial charge >= 0.3 is 6.09 Å². The van der Waals surface area contributed by atoms with Gasteiger partial charge in [0.1, 0.15) is 5.60 Å². The van der Waals surface area contributed by atoms with Crippen LogP contribution in [0.1, 0.15) is 77.4 Å². The standard InChI is InChI=1S/C28H37NO4/c1-17-8-9-21-15-24(29(16-22(21)12-17)27(32)33-28(5,6)7)26(31)11-10-25(30)23-14-19(3)18(2)13-20(23)4/h8-9,12-14,24,26,31H,10-11,15-16H2,1-7H3/t24-,26+/m0/s1. The van der Waals surface area contributed by atoms with E-state index in [0.717, 1.165) is 33.4 Å². The van der Waals surface area contributed by atoms with Gasteiger partial charge in [-0.1, -0.05) is 29.8 Å². The van der Waals surface area contributed by atoms with E-state index in [9.17, 15) is 14.7 Å². The van der Waals surface area contributed by atoms with E-state index in [1.54, 1.807) is 4.90 Å². The zero-order chi connectivity index (χ0) is 24.5. The molecule has 5 heteroatoms. The molecule has 2 atom stereocenters. The molecule has 0 unspecified atom stereocenters. The molecule has 0 radical (unpaired) electrons. The van der Waals surface area contributed by atoms with E-state index in [1.165, 1.54) is 0 Å². The molecule has 0 saturated heterocycles. The van der Waals surface area contributed by atoms with Gasteiger partial charge in [0.05, 0.1) is 12.1 Å². The number of Topliss-reactive ketones (excluding diaryl/α,β-unsaturated/α-hetero) is 1. The number of fused-ring (bicyclic) bond motifs is 1. The second-order valence-corrected chi connectivity index (χ2v) is 10.4. The molecule has 2 aromatic carbocycles. The molecule has 0 saturated carbocycles. The Balaban J connectivity index is 1.78. The van der Waals surface area contributed by atoms with Crippen LogP contribution in [0.15, 0.2) is 30.3 Å². The molecule has 2 aromatic rings. The Morgan fingerprint density at radius 1 is 1.03 bits per heavy atom. The number of ketones is 1. The van der Waals surface area contributed by atoms with Crippen molar-refractivity contribution in [1.29, 1.82) is 0 Å². The summed E-state index contributed by atoms with van der Waals surface area (Å²) in [5.41, 5.74) is 6.61. The molecule has 0 aromatic heterocycles. The molecule has 3 rings (SSSR count). The highest BCUT2D eigenvalue weighted by Gasteiger charge is 2.37. The Labute approximate surface area is 197 Å². The van der Waals surface area contributed by atoms with Crippen LogP contribution in [0.3, 0.4) is 0 Å². The topological polar surface area (TPSA) is 66.8 Å². The fourth-order valence-electron chi connectivity index (χ4n) is 4.47. The molecule has 1 aliphatic heterocycles. The molecule has 178 valence electrons. The van der Waals surface area contributed by atoms with Crippen molar-refractivity contribution in [2.24, 2.45) is 0 Å². The summed E-state index contributed by atoms with van der Waals surface area (Å²) >= 11 is 0. The van der Waals surface area contributed by atoms with Crippen molar-refractivity contribution in [3.05, 3.63) is 69.3 Å². The van der Waals surface area contributed by atoms with Crippen LogP contribution in [-0.4, -0.2) is 39.6 Å². The summed E-state index contributed by atoms with van der Waals surface area (Å²) in [6.07, 6.45) is -0.217. The van der Waals surface area contributed by atoms with Gasteiger partial charge in [-0.05, 0) is 95.2 Å². The normalized spacial score (nSPS) is 16.8. The lowest BCUT2D eigenvalue weighted by Gasteiger charge is -2.40. The fourth-order valence-corrected chi connectivity index (χ4v) is 4.47. The number of carbonyl (C=O) groups excluding carboxylic acids is 2. The number of amides is 1. The molecular weight excluding hydrogens is 414 g/mol. The molecule has 0 bridgehead atoms. The zero-order valence-corrected chi connectivity index (χ0v) is 21.0. The SMILES string of the molecule is Cc1ccc2c(c1)CN(C(=O)OC(C)(C)C)[C@H]([C@H](O)CCC(=O)c1cc(C)c(C)cc1C)C2. The highest BCUT2D eigenvalue weighted by atomic mass is 16.6. The Bertz CT molecular complexity index is 1050. The van der Waals surface area contributed by atoms with Gasteiger partial charge in [-0.2, -0.15) is 0 Å². The van der Waals surface area contributed by atoms with Gasteiger partial charge in [0.15, 0.2) is 5.78 Å². The summed E-state index contributed by atoms with van der Waals surface area (Å²) in [7, 11) is 0. The average Bonchev–Trinajstić information content (AvgIpc) is 2.72. The molecule has 33 heavy (non-hydrogen) atoms. The number of aliphatic hydroxyl groups is 1. The van der Waals surface area contributed by atoms with Gasteiger partial charge in [-0.3, -0.25) is 9.69 Å². The van der Waals surface area contributed by atoms with E-state index in [1.807, 2.05) is 60.6 Å². The number of benzene rings is 2. The van der Waals surface area contributed by atoms with E-state index in [4.69, 9.17) is 4.74 Å². The lowest BCUT2D eigenvalue weighted by Crippen LogP contribution is -2.51. The van der Waals surface area contributed by atoms with Crippen LogP contribution in [0, 0.1) is 27.7 Å². The minimum absolute atomic E-state index is 0.0188. The first-order chi connectivity index (χ1) is 15.4. The van der Waals surface area contributed by atoms with Crippen molar-refractivity contribution in [3.8, 4) is 0 Å². The number of hydrogen-bond donors (Lipinski definition) is 1. The number of nitrogens with zero attached hydrogens (tertiary/aromatic N) is 1. The first-order valence-electron chi connectivity index (χ1n) is 11.7. The Morgan fingerprint density at radius 2 is 1.70 bits per heavy atom. The highest BCUT2D eigenvalue weighted by Crippen LogP contribution is 2.29. The van der Waals surface area contributed by atoms with Crippen molar-refractivity contribution in [2.45, 2.75) is 92.0 Å². The first-order valence-corrected chi connectivity index (χ1v) is 11.7. The van der Waals surface area contributed by atoms with Crippen LogP contribution in [0.2, 0.25) is 0 Å². The summed E-state index contributed by atoms with van der Waals surface area (Å²) < 4.78 is 5.65. The molecule has 0 aliphatic carbocycles. The lowest BCUT2D eigenvalue weighted by molar-refractivity contribution is -0.0135. The van der Waals surface area contributed by atoms with Crippen LogP contribution < -0.4 is 0 Å². The van der Waals surface area contributed by atoms with Crippen LogP contribution in [0.5, 0.6) is 0 Å². The van der Waals surface area contributed by atoms with Crippen molar-refractivity contribution in [1.82, 2.24) is 4.90 Å². The number of rotatable bonds is 5. The van der Waals surface area contributed by atoms with Crippen molar-refractivity contribution < 1.29 is 19.4 Å². The number of ether oxygens (including phenoxy) is 1. The van der Waals surface area contributed by atoms with Crippen molar-refractivity contribution >= 4 is 11.9 Å². The highest BCUT2D eigenvalue weighted by molar-refractivity contribution is 5.97. The van der Waals surface area contributed by atoms with Crippen LogP contribution >= 0.6 is 0 Å². The number of hydrogen-bond acceptors (Lipinski definition) is 4. The third kappa shape index (κ3) is 6.02. The Morgan fingerprint density at radius 3 is 2.36 bits per heavy atom. The van der Waals surface area contributed by atoms with E-state index in [-0.39, 0.29) is 18.6 Å². The minimum atomic E-state index is -0.831. The monoisotopic (exact) mass is 451 g/mol. The van der Waals surface area contributed by atoms with E-state index in [2.05, 4.69) is 18.2 Å². The maximum atomic E-state index is 13.0. The molecular formula is C28H37NO4. The predicted octanol–water partition coefficient (Wildman–Crippen LogP) is 5.61. The van der Waals surface area contributed by atoms with Gasteiger partial charge in [0.25, 0.3) is 0 Å². The maximum absolute atomic E-state index is 13.0. The third-order valence-corrected chi connectivity index (χ3v) is 6.41. The second-order valence-electron chi connectivity index (χ2n) is 10.4. The first kappa shape index (κ1) is 25.0. The second kappa shape index (κ2) is 9.68. The minimum Gasteiger partial charge on any atom is -0.444 e. The summed E-state index contributed by atoms with van der Waals surface area (Å²) in [5, 5.41) is 11.1. The average molecular weight is 452 g/mol. The van der Waals surface area contributed by atoms with Crippen LogP contribution in [-0.2, 0) is 17.7 Å². The molecule has 1 N–H and O–H groups in total. The smallest absolute Gasteiger partial charge is 0.410 e. The summed E-state index contributed by atoms with van der Waals surface area (Å²) in [6, 6.07) is 9.73. The molecule has 0 fully saturated rings. The summed E-state index contributed by atoms with van der Waals surface area (Å²) in [6.45, 7) is 13.9. The summed E-state index contributed by atoms with van der Waals surface area (Å²) in [4.78, 5) is 27.6. The zero-order valence-electron chi connectivity index (χ0n) is 21.0. The number of carbonyl (C=O) groups is 2. The van der Waals surface area contributed by atoms with E-state index in [0.29, 0.717) is 18.5 Å². The van der Waals surface area contributed by atoms with E-state index >= 15 is 0 Å². The van der Waals surface area contributed by atoms with Crippen molar-refractivity contribution in [2.75, 3.05) is 0 Å². The fraction of sp³-hybridized carbons (Fsp3) is 0.500. The Kier molecular flexibility index (Phi) is 7.32. The number of aliphatic hydroxyl groups excluding tert-OH is 1. The van der Waals surface area contributed by atoms with Crippen LogP contribution in [0.4, 0.5) is 4.79 Å². The summed E-state index contributed by atoms with van der Waals surface area (Å²) in [5.74, 6) is 0.0188. The quantitative estimate of drug-likeness (QED) is 0.601. The lowest BCUT2D eigenvalue weighted by atomic mass is 9.88. The molecule has 0 spiro atoms. The number of aryl methyl sites for hydroxylation is 4. The Hall–Kier alpha value is -2.66. The molecule has 5 nitrogen and oxygen atoms in total. The molecule has 1 amide bonds. The maximum Gasteiger partial charge on any atom is 0.410 e. The van der Waals surface area contributed by atoms with Gasteiger partial charge in [-0.25, -0.2) is 4.79 Å². The van der Waals surface area contributed by atoms with Gasteiger partial charge in [-0.15, -0.1) is 0 Å². The third-order valence-electron chi connectivity index (χ3n) is 6.41. The largest absolute Gasteiger partial charge is 0.444 e. The van der Waals surface area contributed by atoms with E-state index < -0.39 is 23.8 Å². The van der Waals surface area contributed by atoms with Gasteiger partial charge < -0.3 is 9.84 Å².